The summed E-state index contributed by atoms with van der Waals surface area (Å²) in [6.45, 7) is 20.4. The van der Waals surface area contributed by atoms with Crippen molar-refractivity contribution in [1.82, 2.24) is 0 Å². The van der Waals surface area contributed by atoms with Gasteiger partial charge in [-0.1, -0.05) is 41.5 Å². The number of fused-ring (bicyclic) bond motifs is 10. The van der Waals surface area contributed by atoms with Gasteiger partial charge in [-0.3, -0.25) is 33.6 Å². The van der Waals surface area contributed by atoms with E-state index < -0.39 is 36.5 Å². The minimum atomic E-state index is -1.64. The van der Waals surface area contributed by atoms with E-state index in [2.05, 4.69) is 41.5 Å². The third-order valence-electron chi connectivity index (χ3n) is 23.4. The fraction of sp³-hybridized carbons (Fsp3) is 0.885. The van der Waals surface area contributed by atoms with Crippen molar-refractivity contribution in [3.8, 4) is 0 Å². The van der Waals surface area contributed by atoms with Crippen LogP contribution in [-0.2, 0) is 62.0 Å². The van der Waals surface area contributed by atoms with Crippen LogP contribution >= 0.6 is 0 Å². The molecule has 8 fully saturated rings. The molecule has 0 aromatic carbocycles. The van der Waals surface area contributed by atoms with Crippen molar-refractivity contribution in [2.24, 2.45) is 98.1 Å². The van der Waals surface area contributed by atoms with Crippen LogP contribution in [0.1, 0.15) is 205 Å². The van der Waals surface area contributed by atoms with Crippen LogP contribution in [0, 0.1) is 98.1 Å². The molecule has 0 unspecified atom stereocenters. The highest BCUT2D eigenvalue weighted by atomic mass is 16.6. The van der Waals surface area contributed by atoms with Crippen molar-refractivity contribution >= 4 is 41.8 Å². The van der Waals surface area contributed by atoms with Crippen molar-refractivity contribution in [3.05, 3.63) is 0 Å². The molecule has 0 aromatic rings. The Labute approximate surface area is 447 Å². The molecule has 0 aliphatic heterocycles. The van der Waals surface area contributed by atoms with Crippen LogP contribution in [0.5, 0.6) is 0 Å². The lowest BCUT2D eigenvalue weighted by atomic mass is 9.43. The summed E-state index contributed by atoms with van der Waals surface area (Å²) in [4.78, 5) is 88.7. The molecule has 20 atom stereocenters. The molecule has 0 heterocycles. The summed E-state index contributed by atoms with van der Waals surface area (Å²) in [6.07, 6.45) is 16.3. The molecular weight excluding hydrogens is 957 g/mol. The second kappa shape index (κ2) is 22.2. The third-order valence-corrected chi connectivity index (χ3v) is 23.4. The number of carboxylic acid groups (broad SMARTS) is 1. The number of rotatable bonds is 17. The second-order valence-electron chi connectivity index (χ2n) is 27.3. The van der Waals surface area contributed by atoms with E-state index in [0.29, 0.717) is 60.2 Å². The molecule has 8 saturated carbocycles. The third kappa shape index (κ3) is 11.0. The standard InChI is InChI=1S/C61H94O14/c1-34(46-18-20-48-44-16-14-40-28-42(72-36(3)62)24-26-58(40,8)50(44)30-52(60(46,48)10)74-38(5)64)12-22-54(66)70-32-57(7,56(68)69)33-71-55(67)23-13-35(2)47-19-21-49-45-17-15-41-29-43(73-37(4)63)25-27-59(41,9)51(45)31-53(61(47,49)11)75-39(6)65/h34-35,40-53H,12-33H2,1-11H3,(H,68,69)/t34-,35-,40+,41+,42-,43-,44+,45+,46-,47-,48+,49+,50+,51+,52+,53+,58+,59+,60-,61-/m1/s1. The van der Waals surface area contributed by atoms with Crippen LogP contribution in [0.4, 0.5) is 0 Å². The van der Waals surface area contributed by atoms with Gasteiger partial charge in [0, 0.05) is 51.4 Å². The van der Waals surface area contributed by atoms with E-state index in [1.54, 1.807) is 0 Å². The van der Waals surface area contributed by atoms with E-state index in [1.165, 1.54) is 34.6 Å². The normalized spacial score (nSPS) is 42.2. The molecule has 8 aliphatic rings. The molecule has 0 spiro atoms. The largest absolute Gasteiger partial charge is 0.481 e. The van der Waals surface area contributed by atoms with Gasteiger partial charge in [-0.05, 0) is 204 Å². The maximum absolute atomic E-state index is 13.4. The van der Waals surface area contributed by atoms with Crippen LogP contribution in [0.2, 0.25) is 0 Å². The molecule has 0 radical (unpaired) electrons. The summed E-state index contributed by atoms with van der Waals surface area (Å²) in [5.74, 6) is 0.993. The first-order valence-electron chi connectivity index (χ1n) is 29.5. The average Bonchev–Trinajstić information content (AvgIpc) is 3.89. The van der Waals surface area contributed by atoms with E-state index in [1.807, 2.05) is 0 Å². The fourth-order valence-electron chi connectivity index (χ4n) is 19.6. The number of carbonyl (C=O) groups is 7. The van der Waals surface area contributed by atoms with Gasteiger partial charge < -0.3 is 33.5 Å². The van der Waals surface area contributed by atoms with Gasteiger partial charge in [-0.25, -0.2) is 0 Å². The van der Waals surface area contributed by atoms with E-state index >= 15 is 0 Å². The molecule has 14 heteroatoms. The number of carbonyl (C=O) groups excluding carboxylic acids is 6. The SMILES string of the molecule is CC(=O)O[C@@H]1CC[C@@]2(C)[C@@H](CC[C@@H]3[C@@H]2C[C@H](OC(C)=O)[C@]2(C)[C@@H]([C@H](C)CCC(=O)OCC(C)(COC(=O)CC[C@@H](C)[C@H]4CC[C@H]5[C@@H]6CC[C@H]7C[C@H](OC(C)=O)CC[C@]7(C)[C@H]6C[C@H](OC(C)=O)[C@]45C)C(=O)O)CC[C@@H]32)C1. The first kappa shape index (κ1) is 57.5. The quantitative estimate of drug-likeness (QED) is 0.107. The van der Waals surface area contributed by atoms with Gasteiger partial charge >= 0.3 is 41.8 Å². The maximum atomic E-state index is 13.4. The molecule has 0 bridgehead atoms. The van der Waals surface area contributed by atoms with Crippen molar-refractivity contribution in [1.29, 1.82) is 0 Å². The Morgan fingerprint density at radius 2 is 0.880 bits per heavy atom. The summed E-state index contributed by atoms with van der Waals surface area (Å²) >= 11 is 0. The zero-order chi connectivity index (χ0) is 54.6. The zero-order valence-electron chi connectivity index (χ0n) is 47.5. The molecule has 0 amide bonds. The highest BCUT2D eigenvalue weighted by Crippen LogP contribution is 2.71. The van der Waals surface area contributed by atoms with Gasteiger partial charge in [0.2, 0.25) is 0 Å². The van der Waals surface area contributed by atoms with E-state index in [-0.39, 0.29) is 106 Å². The second-order valence-corrected chi connectivity index (χ2v) is 27.3. The number of carboxylic acids is 1. The molecule has 14 nitrogen and oxygen atoms in total. The molecule has 0 saturated heterocycles. The Balaban J connectivity index is 0.823. The number of esters is 6. The Bertz CT molecular complexity index is 2020. The van der Waals surface area contributed by atoms with Crippen molar-refractivity contribution < 1.29 is 67.1 Å². The van der Waals surface area contributed by atoms with Crippen molar-refractivity contribution in [2.75, 3.05) is 13.2 Å². The van der Waals surface area contributed by atoms with Crippen LogP contribution < -0.4 is 0 Å². The summed E-state index contributed by atoms with van der Waals surface area (Å²) in [6, 6.07) is 0. The highest BCUT2D eigenvalue weighted by molar-refractivity contribution is 5.77. The minimum absolute atomic E-state index is 0.0323. The molecule has 0 aromatic heterocycles. The predicted octanol–water partition coefficient (Wildman–Crippen LogP) is 11.3. The van der Waals surface area contributed by atoms with Gasteiger partial charge in [-0.15, -0.1) is 0 Å². The molecule has 1 N–H and O–H groups in total. The van der Waals surface area contributed by atoms with E-state index in [4.69, 9.17) is 28.4 Å². The Hall–Kier alpha value is -3.71. The highest BCUT2D eigenvalue weighted by Gasteiger charge is 2.67. The first-order chi connectivity index (χ1) is 35.2. The van der Waals surface area contributed by atoms with E-state index in [0.717, 1.165) is 103 Å². The Kier molecular flexibility index (Phi) is 17.0. The monoisotopic (exact) mass is 1050 g/mol. The van der Waals surface area contributed by atoms with Crippen LogP contribution in [-0.4, -0.2) is 84.5 Å². The van der Waals surface area contributed by atoms with Gasteiger partial charge in [-0.2, -0.15) is 0 Å². The number of hydrogen-bond acceptors (Lipinski definition) is 13. The molecule has 8 aliphatic carbocycles. The average molecular weight is 1050 g/mol. The lowest BCUT2D eigenvalue weighted by molar-refractivity contribution is -0.198. The molecule has 8 rings (SSSR count). The Morgan fingerprint density at radius 1 is 0.507 bits per heavy atom. The zero-order valence-corrected chi connectivity index (χ0v) is 47.5. The predicted molar refractivity (Wildman–Crippen MR) is 278 cm³/mol. The molecule has 75 heavy (non-hydrogen) atoms. The fourth-order valence-corrected chi connectivity index (χ4v) is 19.6. The lowest BCUT2D eigenvalue weighted by Crippen LogP contribution is -2.59. The topological polar surface area (TPSA) is 195 Å². The van der Waals surface area contributed by atoms with Gasteiger partial charge in [0.25, 0.3) is 0 Å². The van der Waals surface area contributed by atoms with E-state index in [9.17, 15) is 38.7 Å². The number of ether oxygens (including phenoxy) is 6. The summed E-state index contributed by atoms with van der Waals surface area (Å²) in [7, 11) is 0. The van der Waals surface area contributed by atoms with Crippen LogP contribution in [0.25, 0.3) is 0 Å². The summed E-state index contributed by atoms with van der Waals surface area (Å²) in [5.41, 5.74) is -1.98. The number of aliphatic carboxylic acids is 1. The Morgan fingerprint density at radius 3 is 1.23 bits per heavy atom. The minimum Gasteiger partial charge on any atom is -0.481 e. The van der Waals surface area contributed by atoms with Crippen molar-refractivity contribution in [3.63, 3.8) is 0 Å². The smallest absolute Gasteiger partial charge is 0.316 e. The van der Waals surface area contributed by atoms with Gasteiger partial charge in [0.15, 0.2) is 0 Å². The van der Waals surface area contributed by atoms with Gasteiger partial charge in [0.05, 0.1) is 0 Å². The maximum Gasteiger partial charge on any atom is 0.316 e. The molecular formula is C61H94O14. The summed E-state index contributed by atoms with van der Waals surface area (Å²) in [5, 5.41) is 10.4. The van der Waals surface area contributed by atoms with Crippen LogP contribution in [0.3, 0.4) is 0 Å². The first-order valence-corrected chi connectivity index (χ1v) is 29.5. The number of hydrogen-bond donors (Lipinski definition) is 1. The van der Waals surface area contributed by atoms with Crippen LogP contribution in [0.15, 0.2) is 0 Å². The lowest BCUT2D eigenvalue weighted by Gasteiger charge is -2.62. The van der Waals surface area contributed by atoms with Gasteiger partial charge in [0.1, 0.15) is 43.0 Å². The van der Waals surface area contributed by atoms with Crippen molar-refractivity contribution in [2.45, 2.75) is 229 Å². The summed E-state index contributed by atoms with van der Waals surface area (Å²) < 4.78 is 35.4. The molecule has 422 valence electrons.